The second-order valence-electron chi connectivity index (χ2n) is 4.51. The molecule has 0 atom stereocenters. The summed E-state index contributed by atoms with van der Waals surface area (Å²) >= 11 is 8.60. The second kappa shape index (κ2) is 13.5. The molecule has 0 aromatic carbocycles. The first-order valence-corrected chi connectivity index (χ1v) is 10.7. The molecule has 0 aromatic rings. The van der Waals surface area contributed by atoms with Crippen molar-refractivity contribution in [2.45, 2.75) is 13.8 Å². The van der Waals surface area contributed by atoms with Gasteiger partial charge >= 0.3 is 0 Å². The molecule has 1 heterocycles. The van der Waals surface area contributed by atoms with Gasteiger partial charge in [0.1, 0.15) is 0 Å². The first-order chi connectivity index (χ1) is 7.79. The van der Waals surface area contributed by atoms with E-state index in [2.05, 4.69) is 60.9 Å². The monoisotopic (exact) mass is 385 g/mol. The molecule has 1 fully saturated rings. The van der Waals surface area contributed by atoms with E-state index in [1.165, 1.54) is 46.0 Å². The Kier molecular flexibility index (Phi) is 15.5. The summed E-state index contributed by atoms with van der Waals surface area (Å²) in [5.41, 5.74) is 0. The van der Waals surface area contributed by atoms with Gasteiger partial charge < -0.3 is 0 Å². The van der Waals surface area contributed by atoms with E-state index in [9.17, 15) is 0 Å². The molecule has 1 radical (unpaired) electrons. The average Bonchev–Trinajstić information content (AvgIpc) is 2.27. The molecule has 0 saturated carbocycles. The molecule has 1 aliphatic rings. The SMILES string of the molecule is CC1CSCCSCC(C)CSCCSC1.[Y]. The summed E-state index contributed by atoms with van der Waals surface area (Å²) in [6.07, 6.45) is 0. The van der Waals surface area contributed by atoms with Gasteiger partial charge in [-0.25, -0.2) is 0 Å². The van der Waals surface area contributed by atoms with E-state index < -0.39 is 0 Å². The maximum atomic E-state index is 2.40. The maximum absolute atomic E-state index is 2.40. The van der Waals surface area contributed by atoms with Crippen LogP contribution < -0.4 is 0 Å². The Morgan fingerprint density at radius 3 is 1.06 bits per heavy atom. The Morgan fingerprint density at radius 2 is 0.824 bits per heavy atom. The van der Waals surface area contributed by atoms with E-state index in [1.54, 1.807) is 0 Å². The Hall–Kier alpha value is 2.50. The Morgan fingerprint density at radius 1 is 0.588 bits per heavy atom. The van der Waals surface area contributed by atoms with Gasteiger partial charge in [-0.3, -0.25) is 0 Å². The van der Waals surface area contributed by atoms with Gasteiger partial charge in [-0.2, -0.15) is 47.0 Å². The molecular formula is C12H24S4Y. The molecule has 0 aliphatic carbocycles. The molecule has 0 spiro atoms. The van der Waals surface area contributed by atoms with Crippen LogP contribution in [0, 0.1) is 11.8 Å². The minimum absolute atomic E-state index is 0. The number of thioether (sulfide) groups is 4. The molecule has 17 heavy (non-hydrogen) atoms. The van der Waals surface area contributed by atoms with E-state index >= 15 is 0 Å². The summed E-state index contributed by atoms with van der Waals surface area (Å²) in [5.74, 6) is 12.6. The van der Waals surface area contributed by atoms with Crippen LogP contribution in [-0.4, -0.2) is 46.0 Å². The van der Waals surface area contributed by atoms with Crippen LogP contribution in [0.4, 0.5) is 0 Å². The minimum Gasteiger partial charge on any atom is -0.161 e. The zero-order chi connectivity index (χ0) is 11.6. The predicted molar refractivity (Wildman–Crippen MR) is 87.6 cm³/mol. The first-order valence-electron chi connectivity index (χ1n) is 6.10. The first kappa shape index (κ1) is 19.5. The van der Waals surface area contributed by atoms with Gasteiger partial charge in [0.25, 0.3) is 0 Å². The molecule has 0 nitrogen and oxygen atoms in total. The smallest absolute Gasteiger partial charge is 0.00236 e. The quantitative estimate of drug-likeness (QED) is 0.613. The summed E-state index contributed by atoms with van der Waals surface area (Å²) in [4.78, 5) is 0. The molecule has 0 unspecified atom stereocenters. The summed E-state index contributed by atoms with van der Waals surface area (Å²) in [6, 6.07) is 0. The summed E-state index contributed by atoms with van der Waals surface area (Å²) < 4.78 is 0. The minimum atomic E-state index is 0. The third kappa shape index (κ3) is 12.0. The molecule has 1 saturated heterocycles. The molecular weight excluding hydrogens is 361 g/mol. The topological polar surface area (TPSA) is 0 Å². The van der Waals surface area contributed by atoms with E-state index in [4.69, 9.17) is 0 Å². The molecule has 1 rings (SSSR count). The molecule has 0 amide bonds. The van der Waals surface area contributed by atoms with Gasteiger partial charge in [0.15, 0.2) is 0 Å². The van der Waals surface area contributed by atoms with Gasteiger partial charge in [-0.05, 0) is 34.8 Å². The van der Waals surface area contributed by atoms with Crippen LogP contribution in [0.25, 0.3) is 0 Å². The fourth-order valence-electron chi connectivity index (χ4n) is 1.47. The largest absolute Gasteiger partial charge is 0.161 e. The van der Waals surface area contributed by atoms with E-state index in [0.717, 1.165) is 11.8 Å². The van der Waals surface area contributed by atoms with Crippen LogP contribution in [0.1, 0.15) is 13.8 Å². The van der Waals surface area contributed by atoms with Gasteiger partial charge in [0, 0.05) is 55.7 Å². The second-order valence-corrected chi connectivity index (χ2v) is 9.11. The van der Waals surface area contributed by atoms with Crippen LogP contribution in [0.15, 0.2) is 0 Å². The summed E-state index contributed by atoms with van der Waals surface area (Å²) in [6.45, 7) is 4.79. The van der Waals surface area contributed by atoms with E-state index in [0.29, 0.717) is 0 Å². The standard InChI is InChI=1S/C12H24S4.Y/c1-11-7-13-3-5-15-9-12(2)10-16-6-4-14-8-11;/h11-12H,3-10H2,1-2H3;. The summed E-state index contributed by atoms with van der Waals surface area (Å²) in [5, 5.41) is 0. The van der Waals surface area contributed by atoms with Crippen LogP contribution in [0.5, 0.6) is 0 Å². The molecule has 5 heteroatoms. The average molecular weight is 385 g/mol. The third-order valence-electron chi connectivity index (χ3n) is 2.35. The van der Waals surface area contributed by atoms with Crippen molar-refractivity contribution in [1.82, 2.24) is 0 Å². The number of hydrogen-bond donors (Lipinski definition) is 0. The fourth-order valence-corrected chi connectivity index (χ4v) is 6.40. The van der Waals surface area contributed by atoms with Crippen molar-refractivity contribution < 1.29 is 32.7 Å². The van der Waals surface area contributed by atoms with Crippen molar-refractivity contribution in [3.63, 3.8) is 0 Å². The zero-order valence-electron chi connectivity index (χ0n) is 11.0. The predicted octanol–water partition coefficient (Wildman–Crippen LogP) is 4.20. The van der Waals surface area contributed by atoms with Gasteiger partial charge in [-0.1, -0.05) is 13.8 Å². The molecule has 0 N–H and O–H groups in total. The van der Waals surface area contributed by atoms with Crippen LogP contribution in [0.3, 0.4) is 0 Å². The van der Waals surface area contributed by atoms with Crippen LogP contribution >= 0.6 is 47.0 Å². The summed E-state index contributed by atoms with van der Waals surface area (Å²) in [7, 11) is 0. The molecule has 0 bridgehead atoms. The zero-order valence-corrected chi connectivity index (χ0v) is 17.1. The van der Waals surface area contributed by atoms with Crippen molar-refractivity contribution in [2.75, 3.05) is 46.0 Å². The van der Waals surface area contributed by atoms with E-state index in [1.807, 2.05) is 0 Å². The van der Waals surface area contributed by atoms with E-state index in [-0.39, 0.29) is 32.7 Å². The molecule has 1 aliphatic heterocycles. The fraction of sp³-hybridized carbons (Fsp3) is 1.00. The maximum Gasteiger partial charge on any atom is 0.00236 e. The molecule has 0 aromatic heterocycles. The number of rotatable bonds is 0. The van der Waals surface area contributed by atoms with Crippen molar-refractivity contribution >= 4 is 47.0 Å². The number of hydrogen-bond acceptors (Lipinski definition) is 4. The van der Waals surface area contributed by atoms with Crippen molar-refractivity contribution in [2.24, 2.45) is 11.8 Å². The third-order valence-corrected chi connectivity index (χ3v) is 8.06. The van der Waals surface area contributed by atoms with Gasteiger partial charge in [-0.15, -0.1) is 0 Å². The normalized spacial score (nSPS) is 30.0. The van der Waals surface area contributed by atoms with Gasteiger partial charge in [0.2, 0.25) is 0 Å². The Bertz CT molecular complexity index is 135. The van der Waals surface area contributed by atoms with Crippen molar-refractivity contribution in [3.8, 4) is 0 Å². The molecule has 99 valence electrons. The Balaban J connectivity index is 0.00000256. The van der Waals surface area contributed by atoms with Crippen LogP contribution in [0.2, 0.25) is 0 Å². The van der Waals surface area contributed by atoms with Crippen molar-refractivity contribution in [3.05, 3.63) is 0 Å². The Labute approximate surface area is 150 Å². The van der Waals surface area contributed by atoms with Crippen LogP contribution in [-0.2, 0) is 32.7 Å². The van der Waals surface area contributed by atoms with Gasteiger partial charge in [0.05, 0.1) is 0 Å². The van der Waals surface area contributed by atoms with Crippen molar-refractivity contribution in [1.29, 1.82) is 0 Å².